The highest BCUT2D eigenvalue weighted by Crippen LogP contribution is 1.87. The number of rotatable bonds is 2. The molecule has 11 heavy (non-hydrogen) atoms. The molecule has 0 aliphatic rings. The molecule has 3 N–H and O–H groups in total. The Labute approximate surface area is 62.0 Å². The highest BCUT2D eigenvalue weighted by atomic mass is 16.4. The molecule has 60 valence electrons. The molecule has 7 nitrogen and oxygen atoms in total. The van der Waals surface area contributed by atoms with Crippen molar-refractivity contribution in [1.29, 1.82) is 0 Å². The van der Waals surface area contributed by atoms with Gasteiger partial charge in [0.05, 0.1) is 12.3 Å². The predicted octanol–water partition coefficient (Wildman–Crippen LogP) is -2.23. The molecule has 0 spiro atoms. The fourth-order valence-electron chi connectivity index (χ4n) is 0.608. The number of carbonyl (C=O) groups is 1. The van der Waals surface area contributed by atoms with Gasteiger partial charge in [-0.15, -0.1) is 4.68 Å². The van der Waals surface area contributed by atoms with Crippen LogP contribution in [0, 0.1) is 0 Å². The summed E-state index contributed by atoms with van der Waals surface area (Å²) in [5.41, 5.74) is 5.39. The zero-order valence-corrected chi connectivity index (χ0v) is 5.93. The van der Waals surface area contributed by atoms with Gasteiger partial charge < -0.3 is 10.8 Å². The highest BCUT2D eigenvalue weighted by Gasteiger charge is 2.14. The number of nitrogens with zero attached hydrogens (tertiary/aromatic N) is 4. The second-order valence-corrected chi connectivity index (χ2v) is 2.01. The fourth-order valence-corrected chi connectivity index (χ4v) is 0.608. The average molecular weight is 158 g/mol. The lowest BCUT2D eigenvalue weighted by atomic mass is 10.7. The number of anilines is 1. The monoisotopic (exact) mass is 158 g/mol. The highest BCUT2D eigenvalue weighted by molar-refractivity contribution is 5.66. The van der Waals surface area contributed by atoms with Crippen LogP contribution < -0.4 is 10.4 Å². The Morgan fingerprint density at radius 2 is 2.55 bits per heavy atom. The lowest BCUT2D eigenvalue weighted by Crippen LogP contribution is -2.34. The van der Waals surface area contributed by atoms with E-state index in [2.05, 4.69) is 10.4 Å². The second-order valence-electron chi connectivity index (χ2n) is 2.01. The first-order valence-corrected chi connectivity index (χ1v) is 2.88. The largest absolute Gasteiger partial charge is 0.479 e. The van der Waals surface area contributed by atoms with Crippen LogP contribution >= 0.6 is 0 Å². The molecule has 0 aromatic carbocycles. The first-order chi connectivity index (χ1) is 5.11. The molecule has 0 saturated carbocycles. The van der Waals surface area contributed by atoms with Crippen LogP contribution in [0.25, 0.3) is 0 Å². The van der Waals surface area contributed by atoms with Crippen molar-refractivity contribution in [1.82, 2.24) is 15.1 Å². The first-order valence-electron chi connectivity index (χ1n) is 2.88. The van der Waals surface area contributed by atoms with E-state index in [1.54, 1.807) is 7.05 Å². The number of hydrogen-bond donors (Lipinski definition) is 2. The molecule has 7 heteroatoms. The van der Waals surface area contributed by atoms with E-state index < -0.39 is 5.97 Å². The summed E-state index contributed by atoms with van der Waals surface area (Å²) in [7, 11) is 1.58. The number of nitrogens with two attached hydrogens (primary N) is 1. The van der Waals surface area contributed by atoms with Crippen LogP contribution in [-0.4, -0.2) is 26.2 Å². The molecule has 0 aliphatic heterocycles. The van der Waals surface area contributed by atoms with Crippen LogP contribution in [0.3, 0.4) is 0 Å². The number of aliphatic carboxylic acids is 1. The molecular formula is C4H8N5O2+. The van der Waals surface area contributed by atoms with E-state index in [0.717, 1.165) is 4.68 Å². The Kier molecular flexibility index (Phi) is 1.71. The third-order valence-electron chi connectivity index (χ3n) is 1.16. The van der Waals surface area contributed by atoms with Gasteiger partial charge in [-0.3, -0.25) is 0 Å². The van der Waals surface area contributed by atoms with Gasteiger partial charge in [-0.1, -0.05) is 4.68 Å². The van der Waals surface area contributed by atoms with Crippen LogP contribution in [-0.2, 0) is 18.4 Å². The SMILES string of the molecule is C[n+]1nnn(CC(=O)O)c1N. The number of aromatic nitrogens is 4. The molecule has 1 aromatic heterocycles. The molecule has 0 fully saturated rings. The second kappa shape index (κ2) is 2.52. The summed E-state index contributed by atoms with van der Waals surface area (Å²) < 4.78 is 2.39. The van der Waals surface area contributed by atoms with E-state index in [1.165, 1.54) is 4.68 Å². The summed E-state index contributed by atoms with van der Waals surface area (Å²) in [6, 6.07) is 0. The average Bonchev–Trinajstić information content (AvgIpc) is 2.18. The molecule has 0 saturated heterocycles. The normalized spacial score (nSPS) is 9.91. The Hall–Kier alpha value is -1.66. The van der Waals surface area contributed by atoms with Crippen molar-refractivity contribution in [3.05, 3.63) is 0 Å². The van der Waals surface area contributed by atoms with Crippen molar-refractivity contribution in [2.24, 2.45) is 7.05 Å². The number of nitrogen functional groups attached to an aromatic ring is 1. The summed E-state index contributed by atoms with van der Waals surface area (Å²) in [4.78, 5) is 10.2. The van der Waals surface area contributed by atoms with E-state index in [-0.39, 0.29) is 12.5 Å². The minimum absolute atomic E-state index is 0.215. The molecule has 1 rings (SSSR count). The topological polar surface area (TPSA) is 97.9 Å². The van der Waals surface area contributed by atoms with Crippen LogP contribution in [0.1, 0.15) is 0 Å². The first kappa shape index (κ1) is 7.45. The van der Waals surface area contributed by atoms with Crippen molar-refractivity contribution >= 4 is 11.9 Å². The van der Waals surface area contributed by atoms with Gasteiger partial charge >= 0.3 is 11.9 Å². The molecule has 1 heterocycles. The fraction of sp³-hybridized carbons (Fsp3) is 0.500. The minimum Gasteiger partial charge on any atom is -0.479 e. The summed E-state index contributed by atoms with van der Waals surface area (Å²) in [5.74, 6) is -0.783. The maximum absolute atomic E-state index is 10.2. The van der Waals surface area contributed by atoms with Crippen molar-refractivity contribution in [2.75, 3.05) is 5.73 Å². The Morgan fingerprint density at radius 1 is 1.91 bits per heavy atom. The van der Waals surface area contributed by atoms with Gasteiger partial charge in [-0.2, -0.15) is 0 Å². The summed E-state index contributed by atoms with van der Waals surface area (Å²) in [5, 5.41) is 15.3. The smallest absolute Gasteiger partial charge is 0.362 e. The summed E-state index contributed by atoms with van der Waals surface area (Å²) in [6.07, 6.45) is 0. The Morgan fingerprint density at radius 3 is 2.91 bits per heavy atom. The predicted molar refractivity (Wildman–Crippen MR) is 33.2 cm³/mol. The molecule has 0 unspecified atom stereocenters. The van der Waals surface area contributed by atoms with Crippen molar-refractivity contribution in [3.63, 3.8) is 0 Å². The number of tetrazole rings is 1. The maximum Gasteiger partial charge on any atom is 0.362 e. The van der Waals surface area contributed by atoms with Crippen LogP contribution in [0.15, 0.2) is 0 Å². The maximum atomic E-state index is 10.2. The van der Waals surface area contributed by atoms with Crippen molar-refractivity contribution in [3.8, 4) is 0 Å². The third kappa shape index (κ3) is 1.42. The number of hydrogen-bond acceptors (Lipinski definition) is 4. The molecule has 0 atom stereocenters. The van der Waals surface area contributed by atoms with Gasteiger partial charge in [0.1, 0.15) is 5.21 Å². The lowest BCUT2D eigenvalue weighted by Gasteiger charge is -1.87. The lowest BCUT2D eigenvalue weighted by molar-refractivity contribution is -0.718. The van der Waals surface area contributed by atoms with E-state index in [0.29, 0.717) is 0 Å². The van der Waals surface area contributed by atoms with E-state index in [1.807, 2.05) is 0 Å². The molecule has 1 aromatic rings. The van der Waals surface area contributed by atoms with Crippen LogP contribution in [0.4, 0.5) is 5.95 Å². The third-order valence-corrected chi connectivity index (χ3v) is 1.16. The van der Waals surface area contributed by atoms with E-state index >= 15 is 0 Å². The Balaban J connectivity index is 2.87. The van der Waals surface area contributed by atoms with Gasteiger partial charge in [-0.25, -0.2) is 4.79 Å². The number of aryl methyl sites for hydroxylation is 1. The van der Waals surface area contributed by atoms with Gasteiger partial charge in [0.15, 0.2) is 6.54 Å². The van der Waals surface area contributed by atoms with Gasteiger partial charge in [0, 0.05) is 0 Å². The van der Waals surface area contributed by atoms with E-state index in [9.17, 15) is 4.79 Å². The van der Waals surface area contributed by atoms with E-state index in [4.69, 9.17) is 10.8 Å². The van der Waals surface area contributed by atoms with Gasteiger partial charge in [0.25, 0.3) is 0 Å². The Bertz CT molecular complexity index is 280. The minimum atomic E-state index is -0.998. The van der Waals surface area contributed by atoms with Crippen LogP contribution in [0.2, 0.25) is 0 Å². The standard InChI is InChI=1S/C4H7N5O2/c1-8-4(5)9(7-6-8)2-3(10)11/h5H,2H2,1H3,(H,10,11)/p+1. The molecule has 0 amide bonds. The summed E-state index contributed by atoms with van der Waals surface area (Å²) >= 11 is 0. The molecule has 0 aliphatic carbocycles. The van der Waals surface area contributed by atoms with Crippen LogP contribution in [0.5, 0.6) is 0 Å². The number of carboxylic acid groups (broad SMARTS) is 1. The molecular weight excluding hydrogens is 150 g/mol. The number of carboxylic acids is 1. The van der Waals surface area contributed by atoms with Gasteiger partial charge in [-0.05, 0) is 0 Å². The zero-order valence-electron chi connectivity index (χ0n) is 5.93. The molecule has 0 radical (unpaired) electrons. The van der Waals surface area contributed by atoms with Gasteiger partial charge in [0.2, 0.25) is 0 Å². The van der Waals surface area contributed by atoms with Crippen molar-refractivity contribution < 1.29 is 14.6 Å². The molecule has 0 bridgehead atoms. The zero-order chi connectivity index (χ0) is 8.43. The summed E-state index contributed by atoms with van der Waals surface area (Å²) in [6.45, 7) is -0.264. The van der Waals surface area contributed by atoms with Crippen molar-refractivity contribution in [2.45, 2.75) is 6.54 Å². The quantitative estimate of drug-likeness (QED) is 0.474.